The number of nitrogens with zero attached hydrogens (tertiary/aromatic N) is 1. The molecule has 0 amide bonds. The largest absolute Gasteiger partial charge is 0.436 e. The van der Waals surface area contributed by atoms with Crippen LogP contribution in [0.25, 0.3) is 0 Å². The highest BCUT2D eigenvalue weighted by Gasteiger charge is 2.12. The third-order valence-corrected chi connectivity index (χ3v) is 3.56. The number of nitrogens with two attached hydrogens (primary N) is 1. The van der Waals surface area contributed by atoms with Crippen molar-refractivity contribution in [2.45, 2.75) is 30.9 Å². The highest BCUT2D eigenvalue weighted by atomic mass is 32.2. The summed E-state index contributed by atoms with van der Waals surface area (Å²) in [6.07, 6.45) is 0. The molecule has 1 heterocycles. The van der Waals surface area contributed by atoms with Crippen LogP contribution < -0.4 is 5.73 Å². The number of hydrogen-bond donors (Lipinski definition) is 2. The molecule has 0 radical (unpaired) electrons. The standard InChI is InChI=1S/C13H15N3OS/c1-7-4-5-11(10(6-7)12(14)15)18-13-16-8(2)9(3)17-13/h4-6H,1-3H3,(H3,14,15). The van der Waals surface area contributed by atoms with Gasteiger partial charge in [-0.05, 0) is 44.7 Å². The van der Waals surface area contributed by atoms with Crippen molar-refractivity contribution in [3.8, 4) is 0 Å². The van der Waals surface area contributed by atoms with Crippen molar-refractivity contribution in [2.24, 2.45) is 5.73 Å². The fourth-order valence-corrected chi connectivity index (χ4v) is 2.48. The van der Waals surface area contributed by atoms with Gasteiger partial charge in [0.05, 0.1) is 5.69 Å². The summed E-state index contributed by atoms with van der Waals surface area (Å²) in [5.74, 6) is 0.871. The first-order valence-corrected chi connectivity index (χ1v) is 6.36. The first kappa shape index (κ1) is 12.7. The normalized spacial score (nSPS) is 10.6. The number of nitrogens with one attached hydrogen (secondary N) is 1. The Labute approximate surface area is 110 Å². The van der Waals surface area contributed by atoms with Gasteiger partial charge in [-0.15, -0.1) is 0 Å². The molecule has 3 N–H and O–H groups in total. The Hall–Kier alpha value is -1.75. The summed E-state index contributed by atoms with van der Waals surface area (Å²) < 4.78 is 5.52. The molecular formula is C13H15N3OS. The molecule has 94 valence electrons. The zero-order valence-electron chi connectivity index (χ0n) is 10.6. The summed E-state index contributed by atoms with van der Waals surface area (Å²) in [6, 6.07) is 5.82. The van der Waals surface area contributed by atoms with Gasteiger partial charge in [0.15, 0.2) is 0 Å². The average Bonchev–Trinajstić information content (AvgIpc) is 2.60. The zero-order valence-corrected chi connectivity index (χ0v) is 11.4. The van der Waals surface area contributed by atoms with Crippen LogP contribution in [0, 0.1) is 26.2 Å². The van der Waals surface area contributed by atoms with Crippen molar-refractivity contribution in [1.82, 2.24) is 4.98 Å². The summed E-state index contributed by atoms with van der Waals surface area (Å²) in [5, 5.41) is 8.18. The van der Waals surface area contributed by atoms with Crippen LogP contribution in [0.2, 0.25) is 0 Å². The average molecular weight is 261 g/mol. The Bertz CT molecular complexity index is 585. The van der Waals surface area contributed by atoms with E-state index in [1.165, 1.54) is 11.8 Å². The predicted molar refractivity (Wildman–Crippen MR) is 72.3 cm³/mol. The molecule has 0 aliphatic rings. The van der Waals surface area contributed by atoms with Crippen LogP contribution >= 0.6 is 11.8 Å². The van der Waals surface area contributed by atoms with Gasteiger partial charge in [0.2, 0.25) is 0 Å². The SMILES string of the molecule is Cc1ccc(Sc2nc(C)c(C)o2)c(C(=N)N)c1. The van der Waals surface area contributed by atoms with E-state index in [1.54, 1.807) is 0 Å². The molecule has 0 aliphatic carbocycles. The quantitative estimate of drug-likeness (QED) is 0.657. The molecule has 0 spiro atoms. The van der Waals surface area contributed by atoms with Crippen molar-refractivity contribution >= 4 is 17.6 Å². The van der Waals surface area contributed by atoms with Crippen molar-refractivity contribution in [1.29, 1.82) is 5.41 Å². The molecule has 2 rings (SSSR count). The highest BCUT2D eigenvalue weighted by molar-refractivity contribution is 7.99. The monoisotopic (exact) mass is 261 g/mol. The van der Waals surface area contributed by atoms with E-state index in [9.17, 15) is 0 Å². The van der Waals surface area contributed by atoms with E-state index in [0.29, 0.717) is 10.8 Å². The smallest absolute Gasteiger partial charge is 0.261 e. The molecule has 0 atom stereocenters. The second-order valence-electron chi connectivity index (χ2n) is 4.14. The van der Waals surface area contributed by atoms with Crippen LogP contribution in [0.5, 0.6) is 0 Å². The van der Waals surface area contributed by atoms with E-state index >= 15 is 0 Å². The first-order chi connectivity index (χ1) is 8.47. The lowest BCUT2D eigenvalue weighted by Crippen LogP contribution is -2.12. The van der Waals surface area contributed by atoms with E-state index < -0.39 is 0 Å². The van der Waals surface area contributed by atoms with E-state index in [4.69, 9.17) is 15.6 Å². The fraction of sp³-hybridized carbons (Fsp3) is 0.231. The molecular weight excluding hydrogens is 246 g/mol. The molecule has 0 saturated carbocycles. The molecule has 0 saturated heterocycles. The predicted octanol–water partition coefficient (Wildman–Crippen LogP) is 3.04. The molecule has 0 fully saturated rings. The van der Waals surface area contributed by atoms with Gasteiger partial charge in [0.1, 0.15) is 11.6 Å². The summed E-state index contributed by atoms with van der Waals surface area (Å²) in [6.45, 7) is 5.76. The molecule has 0 unspecified atom stereocenters. The van der Waals surface area contributed by atoms with Gasteiger partial charge in [-0.2, -0.15) is 0 Å². The number of benzene rings is 1. The Morgan fingerprint density at radius 3 is 2.61 bits per heavy atom. The maximum absolute atomic E-state index is 7.60. The third-order valence-electron chi connectivity index (χ3n) is 2.63. The van der Waals surface area contributed by atoms with Gasteiger partial charge < -0.3 is 10.2 Å². The van der Waals surface area contributed by atoms with Crippen LogP contribution in [-0.4, -0.2) is 10.8 Å². The van der Waals surface area contributed by atoms with Crippen LogP contribution in [0.4, 0.5) is 0 Å². The lowest BCUT2D eigenvalue weighted by Gasteiger charge is -2.06. The van der Waals surface area contributed by atoms with Crippen LogP contribution in [0.3, 0.4) is 0 Å². The van der Waals surface area contributed by atoms with Crippen LogP contribution in [0.15, 0.2) is 32.7 Å². The van der Waals surface area contributed by atoms with Gasteiger partial charge in [-0.3, -0.25) is 5.41 Å². The van der Waals surface area contributed by atoms with Crippen LogP contribution in [0.1, 0.15) is 22.6 Å². The van der Waals surface area contributed by atoms with Crippen LogP contribution in [-0.2, 0) is 0 Å². The molecule has 18 heavy (non-hydrogen) atoms. The maximum atomic E-state index is 7.60. The van der Waals surface area contributed by atoms with Crippen molar-refractivity contribution in [3.05, 3.63) is 40.8 Å². The molecule has 2 aromatic rings. The van der Waals surface area contributed by atoms with Gasteiger partial charge in [0.25, 0.3) is 5.22 Å². The minimum atomic E-state index is 0.0567. The number of hydrogen-bond acceptors (Lipinski definition) is 4. The summed E-state index contributed by atoms with van der Waals surface area (Å²) in [5.41, 5.74) is 8.26. The minimum absolute atomic E-state index is 0.0567. The molecule has 4 nitrogen and oxygen atoms in total. The summed E-state index contributed by atoms with van der Waals surface area (Å²) in [4.78, 5) is 5.20. The zero-order chi connectivity index (χ0) is 13.3. The maximum Gasteiger partial charge on any atom is 0.261 e. The molecule has 0 aliphatic heterocycles. The topological polar surface area (TPSA) is 75.9 Å². The fourth-order valence-electron chi connectivity index (χ4n) is 1.52. The first-order valence-electron chi connectivity index (χ1n) is 5.54. The van der Waals surface area contributed by atoms with E-state index in [2.05, 4.69) is 4.98 Å². The summed E-state index contributed by atoms with van der Waals surface area (Å²) in [7, 11) is 0. The van der Waals surface area contributed by atoms with Gasteiger partial charge >= 0.3 is 0 Å². The van der Waals surface area contributed by atoms with Gasteiger partial charge in [0, 0.05) is 10.5 Å². The highest BCUT2D eigenvalue weighted by Crippen LogP contribution is 2.31. The Morgan fingerprint density at radius 2 is 2.06 bits per heavy atom. The van der Waals surface area contributed by atoms with E-state index in [1.807, 2.05) is 39.0 Å². The number of oxazole rings is 1. The Morgan fingerprint density at radius 1 is 1.33 bits per heavy atom. The minimum Gasteiger partial charge on any atom is -0.436 e. The lowest BCUT2D eigenvalue weighted by atomic mass is 10.1. The van der Waals surface area contributed by atoms with Gasteiger partial charge in [-0.25, -0.2) is 4.98 Å². The second-order valence-corrected chi connectivity index (χ2v) is 5.13. The number of nitrogen functional groups attached to an aromatic ring is 1. The summed E-state index contributed by atoms with van der Waals surface area (Å²) >= 11 is 1.39. The van der Waals surface area contributed by atoms with E-state index in [-0.39, 0.29) is 5.84 Å². The van der Waals surface area contributed by atoms with Crippen molar-refractivity contribution in [3.63, 3.8) is 0 Å². The van der Waals surface area contributed by atoms with E-state index in [0.717, 1.165) is 21.9 Å². The lowest BCUT2D eigenvalue weighted by molar-refractivity contribution is 0.431. The number of rotatable bonds is 3. The van der Waals surface area contributed by atoms with Crippen molar-refractivity contribution < 1.29 is 4.42 Å². The molecule has 5 heteroatoms. The van der Waals surface area contributed by atoms with Crippen molar-refractivity contribution in [2.75, 3.05) is 0 Å². The third kappa shape index (κ3) is 2.56. The Kier molecular flexibility index (Phi) is 3.43. The number of amidine groups is 1. The number of aryl methyl sites for hydroxylation is 3. The van der Waals surface area contributed by atoms with Gasteiger partial charge in [-0.1, -0.05) is 11.6 Å². The number of aromatic nitrogens is 1. The molecule has 1 aromatic carbocycles. The second kappa shape index (κ2) is 4.86. The Balaban J connectivity index is 2.36. The molecule has 1 aromatic heterocycles. The molecule has 0 bridgehead atoms.